The highest BCUT2D eigenvalue weighted by atomic mass is 32.1. The summed E-state index contributed by atoms with van der Waals surface area (Å²) >= 11 is 1.37. The third-order valence-electron chi connectivity index (χ3n) is 7.20. The van der Waals surface area contributed by atoms with Crippen LogP contribution < -0.4 is 10.4 Å². The molecule has 40 heavy (non-hydrogen) atoms. The van der Waals surface area contributed by atoms with Crippen molar-refractivity contribution in [1.29, 1.82) is 0 Å². The number of fused-ring (bicyclic) bond motifs is 1. The summed E-state index contributed by atoms with van der Waals surface area (Å²) in [5, 5.41) is 18.3. The highest BCUT2D eigenvalue weighted by molar-refractivity contribution is 7.07. The van der Waals surface area contributed by atoms with Crippen LogP contribution >= 0.6 is 11.3 Å². The van der Waals surface area contributed by atoms with Crippen LogP contribution in [0.5, 0.6) is 0 Å². The molecule has 9 nitrogen and oxygen atoms in total. The molecule has 0 saturated heterocycles. The highest BCUT2D eigenvalue weighted by Gasteiger charge is 2.19. The van der Waals surface area contributed by atoms with E-state index in [4.69, 9.17) is 10.1 Å². The Morgan fingerprint density at radius 3 is 2.42 bits per heavy atom. The maximum atomic E-state index is 13.6. The van der Waals surface area contributed by atoms with Crippen LogP contribution in [0.2, 0.25) is 0 Å². The van der Waals surface area contributed by atoms with Crippen LogP contribution in [0, 0.1) is 17.0 Å². The summed E-state index contributed by atoms with van der Waals surface area (Å²) in [4.78, 5) is 29.8. The molecule has 0 saturated carbocycles. The molecule has 0 unspecified atom stereocenters. The second-order valence-electron chi connectivity index (χ2n) is 9.60. The molecule has 3 aromatic carbocycles. The van der Waals surface area contributed by atoms with Crippen LogP contribution in [0.4, 0.5) is 11.4 Å². The SMILES string of the molecule is Cc1c(N=c2scc(-c3ccc([N+](=O)[O-])cc3)n2N=C2CCCc3ccccc32)c(=O)n(-c2ccccc2)n1C. The fourth-order valence-corrected chi connectivity index (χ4v) is 5.87. The van der Waals surface area contributed by atoms with Gasteiger partial charge in [-0.25, -0.2) is 14.4 Å². The predicted molar refractivity (Wildman–Crippen MR) is 157 cm³/mol. The molecule has 6 rings (SSSR count). The van der Waals surface area contributed by atoms with Crippen molar-refractivity contribution in [2.45, 2.75) is 26.2 Å². The molecule has 1 aliphatic carbocycles. The molecule has 0 aliphatic heterocycles. The fraction of sp³-hybridized carbons (Fsp3) is 0.167. The van der Waals surface area contributed by atoms with Crippen LogP contribution in [0.1, 0.15) is 29.7 Å². The van der Waals surface area contributed by atoms with Crippen LogP contribution in [0.15, 0.2) is 99.1 Å². The van der Waals surface area contributed by atoms with E-state index in [2.05, 4.69) is 12.1 Å². The molecule has 0 bridgehead atoms. The van der Waals surface area contributed by atoms with E-state index in [1.807, 2.05) is 61.8 Å². The van der Waals surface area contributed by atoms with Crippen molar-refractivity contribution in [3.8, 4) is 16.9 Å². The zero-order valence-electron chi connectivity index (χ0n) is 22.0. The Kier molecular flexibility index (Phi) is 6.61. The van der Waals surface area contributed by atoms with Gasteiger partial charge in [-0.2, -0.15) is 5.10 Å². The maximum Gasteiger partial charge on any atom is 0.297 e. The summed E-state index contributed by atoms with van der Waals surface area (Å²) in [6, 6.07) is 24.1. The molecule has 10 heteroatoms. The molecule has 0 atom stereocenters. The van der Waals surface area contributed by atoms with Gasteiger partial charge in [0.1, 0.15) is 0 Å². The van der Waals surface area contributed by atoms with E-state index >= 15 is 0 Å². The average Bonchev–Trinajstić information content (AvgIpc) is 3.46. The Morgan fingerprint density at radius 1 is 0.950 bits per heavy atom. The Hall–Kier alpha value is -4.83. The minimum Gasteiger partial charge on any atom is -0.283 e. The van der Waals surface area contributed by atoms with Gasteiger partial charge in [0.05, 0.1) is 27.7 Å². The van der Waals surface area contributed by atoms with Gasteiger partial charge >= 0.3 is 0 Å². The molecule has 5 aromatic rings. The number of thiazole rings is 1. The van der Waals surface area contributed by atoms with Crippen LogP contribution in [0.3, 0.4) is 0 Å². The largest absolute Gasteiger partial charge is 0.297 e. The normalized spacial score (nSPS) is 14.4. The number of benzene rings is 3. The van der Waals surface area contributed by atoms with Crippen molar-refractivity contribution >= 4 is 28.4 Å². The van der Waals surface area contributed by atoms with E-state index < -0.39 is 4.92 Å². The van der Waals surface area contributed by atoms with Crippen LogP contribution in [-0.4, -0.2) is 24.7 Å². The van der Waals surface area contributed by atoms with Crippen molar-refractivity contribution in [2.24, 2.45) is 17.1 Å². The number of hydrogen-bond acceptors (Lipinski definition) is 6. The summed E-state index contributed by atoms with van der Waals surface area (Å²) < 4.78 is 5.17. The third kappa shape index (κ3) is 4.52. The number of hydrogen-bond donors (Lipinski definition) is 0. The fourth-order valence-electron chi connectivity index (χ4n) is 5.03. The summed E-state index contributed by atoms with van der Waals surface area (Å²) in [7, 11) is 1.84. The number of rotatable bonds is 5. The first kappa shape index (κ1) is 25.4. The van der Waals surface area contributed by atoms with Gasteiger partial charge in [0, 0.05) is 35.7 Å². The van der Waals surface area contributed by atoms with Gasteiger partial charge in [0.25, 0.3) is 11.2 Å². The van der Waals surface area contributed by atoms with E-state index in [1.165, 1.54) is 29.0 Å². The summed E-state index contributed by atoms with van der Waals surface area (Å²) in [6.07, 6.45) is 2.79. The van der Waals surface area contributed by atoms with E-state index in [9.17, 15) is 14.9 Å². The van der Waals surface area contributed by atoms with Gasteiger partial charge in [-0.1, -0.05) is 42.5 Å². The number of nitrogens with zero attached hydrogens (tertiary/aromatic N) is 6. The van der Waals surface area contributed by atoms with Crippen LogP contribution in [-0.2, 0) is 13.5 Å². The van der Waals surface area contributed by atoms with Crippen molar-refractivity contribution in [3.63, 3.8) is 0 Å². The molecule has 2 heterocycles. The maximum absolute atomic E-state index is 13.6. The van der Waals surface area contributed by atoms with Crippen molar-refractivity contribution in [1.82, 2.24) is 14.0 Å². The lowest BCUT2D eigenvalue weighted by Crippen LogP contribution is -2.20. The lowest BCUT2D eigenvalue weighted by atomic mass is 9.90. The van der Waals surface area contributed by atoms with Gasteiger partial charge in [-0.05, 0) is 56.0 Å². The first-order chi connectivity index (χ1) is 19.4. The molecule has 0 fully saturated rings. The minimum absolute atomic E-state index is 0.0179. The lowest BCUT2D eigenvalue weighted by molar-refractivity contribution is -0.384. The third-order valence-corrected chi connectivity index (χ3v) is 8.02. The lowest BCUT2D eigenvalue weighted by Gasteiger charge is -2.18. The number of para-hydroxylation sites is 1. The molecule has 1 aliphatic rings. The highest BCUT2D eigenvalue weighted by Crippen LogP contribution is 2.26. The van der Waals surface area contributed by atoms with Gasteiger partial charge in [0.2, 0.25) is 4.80 Å². The van der Waals surface area contributed by atoms with E-state index in [0.717, 1.165) is 53.2 Å². The van der Waals surface area contributed by atoms with E-state index in [-0.39, 0.29) is 11.2 Å². The molecule has 2 aromatic heterocycles. The number of nitro benzene ring substituents is 1. The zero-order chi connectivity index (χ0) is 27.8. The molecule has 0 spiro atoms. The summed E-state index contributed by atoms with van der Waals surface area (Å²) in [5.74, 6) is 0. The summed E-state index contributed by atoms with van der Waals surface area (Å²) in [5.41, 5.74) is 6.42. The monoisotopic (exact) mass is 550 g/mol. The Morgan fingerprint density at radius 2 is 1.68 bits per heavy atom. The standard InChI is InChI=1S/C30H26N6O3S/c1-20-28(29(37)35(33(20)2)23-11-4-3-5-12-23)31-30-34(32-26-14-8-10-21-9-6-7-13-25(21)26)27(19-40-30)22-15-17-24(18-16-22)36(38)39/h3-7,9,11-13,15-19H,8,10,14H2,1-2H3. The zero-order valence-corrected chi connectivity index (χ0v) is 22.8. The smallest absolute Gasteiger partial charge is 0.283 e. The molecular formula is C30H26N6O3S. The van der Waals surface area contributed by atoms with Crippen LogP contribution in [0.25, 0.3) is 16.9 Å². The van der Waals surface area contributed by atoms with Crippen molar-refractivity contribution in [2.75, 3.05) is 0 Å². The second-order valence-corrected chi connectivity index (χ2v) is 10.4. The second kappa shape index (κ2) is 10.4. The molecule has 0 amide bonds. The van der Waals surface area contributed by atoms with Gasteiger partial charge in [-0.15, -0.1) is 11.3 Å². The topological polar surface area (TPSA) is 99.7 Å². The molecule has 0 N–H and O–H groups in total. The number of aryl methyl sites for hydroxylation is 1. The Balaban J connectivity index is 1.57. The molecule has 0 radical (unpaired) electrons. The number of nitro groups is 1. The Labute approximate surface area is 233 Å². The minimum atomic E-state index is -0.415. The average molecular weight is 551 g/mol. The van der Waals surface area contributed by atoms with Crippen molar-refractivity contribution < 1.29 is 4.92 Å². The molecular weight excluding hydrogens is 524 g/mol. The van der Waals surface area contributed by atoms with Crippen molar-refractivity contribution in [3.05, 3.63) is 126 Å². The first-order valence-corrected chi connectivity index (χ1v) is 13.8. The van der Waals surface area contributed by atoms with E-state index in [1.54, 1.807) is 26.2 Å². The van der Waals surface area contributed by atoms with Gasteiger partial charge < -0.3 is 0 Å². The first-order valence-electron chi connectivity index (χ1n) is 12.9. The number of non-ortho nitro benzene ring substituents is 1. The van der Waals surface area contributed by atoms with E-state index in [0.29, 0.717) is 10.5 Å². The molecule has 200 valence electrons. The number of aromatic nitrogens is 3. The Bertz CT molecular complexity index is 1890. The summed E-state index contributed by atoms with van der Waals surface area (Å²) in [6.45, 7) is 1.87. The van der Waals surface area contributed by atoms with Gasteiger partial charge in [0.15, 0.2) is 5.69 Å². The quantitative estimate of drug-likeness (QED) is 0.206. The van der Waals surface area contributed by atoms with Gasteiger partial charge in [-0.3, -0.25) is 19.6 Å². The predicted octanol–water partition coefficient (Wildman–Crippen LogP) is 5.74.